The number of carbonyl (C=O) groups is 1. The van der Waals surface area contributed by atoms with Crippen LogP contribution in [0, 0.1) is 17.8 Å². The SMILES string of the molecule is CO[C@@H]1CS(=O)(=O)[C@H]2CN(C(=O)[C@@H]3CNC[C@H]3Cc3ccccc3)C[C@@H]12. The minimum absolute atomic E-state index is 0.0854. The van der Waals surface area contributed by atoms with E-state index < -0.39 is 15.1 Å². The number of hydrogen-bond donors (Lipinski definition) is 1. The molecule has 3 aliphatic heterocycles. The van der Waals surface area contributed by atoms with Crippen LogP contribution in [0.4, 0.5) is 0 Å². The van der Waals surface area contributed by atoms with E-state index in [1.54, 1.807) is 12.0 Å². The van der Waals surface area contributed by atoms with Gasteiger partial charge in [-0.25, -0.2) is 8.42 Å². The molecular formula is C19H26N2O4S. The van der Waals surface area contributed by atoms with Crippen molar-refractivity contribution in [3.8, 4) is 0 Å². The molecule has 3 aliphatic rings. The third-order valence-corrected chi connectivity index (χ3v) is 8.47. The topological polar surface area (TPSA) is 75.7 Å². The average molecular weight is 378 g/mol. The number of ether oxygens (including phenoxy) is 1. The van der Waals surface area contributed by atoms with E-state index in [1.165, 1.54) is 5.56 Å². The second-order valence-electron chi connectivity index (χ2n) is 7.76. The Labute approximate surface area is 154 Å². The number of amides is 1. The monoisotopic (exact) mass is 378 g/mol. The Bertz CT molecular complexity index is 767. The Hall–Kier alpha value is -1.44. The minimum Gasteiger partial charge on any atom is -0.380 e. The van der Waals surface area contributed by atoms with Gasteiger partial charge in [-0.05, 0) is 24.4 Å². The molecule has 1 N–H and O–H groups in total. The molecule has 0 bridgehead atoms. The molecule has 4 rings (SSSR count). The highest BCUT2D eigenvalue weighted by Crippen LogP contribution is 2.37. The lowest BCUT2D eigenvalue weighted by Crippen LogP contribution is -2.40. The van der Waals surface area contributed by atoms with Crippen LogP contribution in [0.1, 0.15) is 5.56 Å². The molecule has 26 heavy (non-hydrogen) atoms. The molecule has 0 aliphatic carbocycles. The number of sulfone groups is 1. The van der Waals surface area contributed by atoms with Crippen molar-refractivity contribution in [1.82, 2.24) is 10.2 Å². The summed E-state index contributed by atoms with van der Waals surface area (Å²) in [5, 5.41) is 2.88. The van der Waals surface area contributed by atoms with Gasteiger partial charge in [0.15, 0.2) is 9.84 Å². The van der Waals surface area contributed by atoms with Crippen molar-refractivity contribution in [2.24, 2.45) is 17.8 Å². The highest BCUT2D eigenvalue weighted by molar-refractivity contribution is 7.92. The normalized spacial score (nSPS) is 35.6. The molecule has 1 aromatic carbocycles. The second kappa shape index (κ2) is 6.94. The van der Waals surface area contributed by atoms with E-state index in [0.29, 0.717) is 19.6 Å². The zero-order valence-corrected chi connectivity index (χ0v) is 15.8. The van der Waals surface area contributed by atoms with Gasteiger partial charge in [0.1, 0.15) is 0 Å². The average Bonchev–Trinajstić information content (AvgIpc) is 3.32. The predicted molar refractivity (Wildman–Crippen MR) is 98.4 cm³/mol. The number of nitrogens with one attached hydrogen (secondary N) is 1. The molecule has 3 saturated heterocycles. The van der Waals surface area contributed by atoms with Gasteiger partial charge in [-0.1, -0.05) is 30.3 Å². The first-order valence-electron chi connectivity index (χ1n) is 9.27. The van der Waals surface area contributed by atoms with E-state index in [2.05, 4.69) is 17.4 Å². The van der Waals surface area contributed by atoms with Crippen LogP contribution in [-0.2, 0) is 25.8 Å². The Morgan fingerprint density at radius 2 is 2.00 bits per heavy atom. The van der Waals surface area contributed by atoms with E-state index in [1.807, 2.05) is 18.2 Å². The van der Waals surface area contributed by atoms with Crippen molar-refractivity contribution in [3.63, 3.8) is 0 Å². The van der Waals surface area contributed by atoms with E-state index >= 15 is 0 Å². The van der Waals surface area contributed by atoms with E-state index in [9.17, 15) is 13.2 Å². The molecule has 142 valence electrons. The van der Waals surface area contributed by atoms with E-state index in [0.717, 1.165) is 13.0 Å². The number of hydrogen-bond acceptors (Lipinski definition) is 5. The number of rotatable bonds is 4. The molecule has 0 unspecified atom stereocenters. The Morgan fingerprint density at radius 1 is 1.23 bits per heavy atom. The standard InChI is InChI=1S/C19H26N2O4S/c1-25-17-12-26(23,24)18-11-21(10-16(17)18)19(22)15-9-20-8-14(15)7-13-5-3-2-4-6-13/h2-6,14-18,20H,7-12H2,1H3/t14-,15-,16+,17-,18+/m1/s1. The van der Waals surface area contributed by atoms with Gasteiger partial charge in [-0.15, -0.1) is 0 Å². The molecule has 0 spiro atoms. The maximum Gasteiger partial charge on any atom is 0.227 e. The maximum atomic E-state index is 13.1. The zero-order valence-electron chi connectivity index (χ0n) is 15.0. The minimum atomic E-state index is -3.17. The maximum absolute atomic E-state index is 13.1. The molecule has 3 fully saturated rings. The fraction of sp³-hybridized carbons (Fsp3) is 0.632. The number of likely N-dealkylation sites (tertiary alicyclic amines) is 1. The van der Waals surface area contributed by atoms with Crippen LogP contribution in [0.15, 0.2) is 30.3 Å². The van der Waals surface area contributed by atoms with Crippen LogP contribution in [0.25, 0.3) is 0 Å². The van der Waals surface area contributed by atoms with Gasteiger partial charge in [0.2, 0.25) is 5.91 Å². The Morgan fingerprint density at radius 3 is 2.73 bits per heavy atom. The first-order chi connectivity index (χ1) is 12.5. The van der Waals surface area contributed by atoms with Crippen LogP contribution in [-0.4, -0.2) is 69.6 Å². The summed E-state index contributed by atoms with van der Waals surface area (Å²) in [6.07, 6.45) is 0.578. The summed E-state index contributed by atoms with van der Waals surface area (Å²) in [6, 6.07) is 10.2. The van der Waals surface area contributed by atoms with Crippen molar-refractivity contribution >= 4 is 15.7 Å². The molecule has 1 aromatic rings. The summed E-state index contributed by atoms with van der Waals surface area (Å²) in [4.78, 5) is 14.9. The van der Waals surface area contributed by atoms with Gasteiger partial charge >= 0.3 is 0 Å². The van der Waals surface area contributed by atoms with Crippen LogP contribution < -0.4 is 5.32 Å². The first kappa shape index (κ1) is 17.9. The van der Waals surface area contributed by atoms with Gasteiger partial charge in [-0.3, -0.25) is 4.79 Å². The molecule has 6 nitrogen and oxygen atoms in total. The largest absolute Gasteiger partial charge is 0.380 e. The third-order valence-electron chi connectivity index (χ3n) is 6.26. The number of fused-ring (bicyclic) bond motifs is 1. The fourth-order valence-corrected chi connectivity index (χ4v) is 7.11. The number of methoxy groups -OCH3 is 1. The quantitative estimate of drug-likeness (QED) is 0.818. The van der Waals surface area contributed by atoms with Gasteiger partial charge < -0.3 is 15.0 Å². The van der Waals surface area contributed by atoms with Crippen LogP contribution >= 0.6 is 0 Å². The lowest BCUT2D eigenvalue weighted by atomic mass is 9.88. The van der Waals surface area contributed by atoms with Crippen molar-refractivity contribution < 1.29 is 17.9 Å². The van der Waals surface area contributed by atoms with E-state index in [4.69, 9.17) is 4.74 Å². The predicted octanol–water partition coefficient (Wildman–Crippen LogP) is 0.335. The lowest BCUT2D eigenvalue weighted by molar-refractivity contribution is -0.135. The smallest absolute Gasteiger partial charge is 0.227 e. The zero-order chi connectivity index (χ0) is 18.3. The molecule has 3 heterocycles. The molecule has 1 amide bonds. The Kier molecular flexibility index (Phi) is 4.79. The van der Waals surface area contributed by atoms with Gasteiger partial charge in [-0.2, -0.15) is 0 Å². The second-order valence-corrected chi connectivity index (χ2v) is 10.0. The third kappa shape index (κ3) is 3.17. The first-order valence-corrected chi connectivity index (χ1v) is 11.0. The van der Waals surface area contributed by atoms with Crippen molar-refractivity contribution in [1.29, 1.82) is 0 Å². The van der Waals surface area contributed by atoms with Crippen molar-refractivity contribution in [2.75, 3.05) is 39.0 Å². The van der Waals surface area contributed by atoms with Crippen LogP contribution in [0.3, 0.4) is 0 Å². The lowest BCUT2D eigenvalue weighted by Gasteiger charge is -2.25. The van der Waals surface area contributed by atoms with Gasteiger partial charge in [0.05, 0.1) is 23.0 Å². The summed E-state index contributed by atoms with van der Waals surface area (Å²) in [7, 11) is -1.61. The highest BCUT2D eigenvalue weighted by atomic mass is 32.2. The molecule has 7 heteroatoms. The number of carbonyl (C=O) groups excluding carboxylic acids is 1. The molecule has 0 saturated carbocycles. The van der Waals surface area contributed by atoms with Crippen molar-refractivity contribution in [2.45, 2.75) is 17.8 Å². The molecule has 0 radical (unpaired) electrons. The van der Waals surface area contributed by atoms with Gasteiger partial charge in [0, 0.05) is 32.7 Å². The molecule has 0 aromatic heterocycles. The summed E-state index contributed by atoms with van der Waals surface area (Å²) >= 11 is 0. The summed E-state index contributed by atoms with van der Waals surface area (Å²) < 4.78 is 30.1. The molecular weight excluding hydrogens is 352 g/mol. The number of benzene rings is 1. The summed E-state index contributed by atoms with van der Waals surface area (Å²) in [6.45, 7) is 2.31. The number of nitrogens with zero attached hydrogens (tertiary/aromatic N) is 1. The molecule has 5 atom stereocenters. The van der Waals surface area contributed by atoms with Crippen molar-refractivity contribution in [3.05, 3.63) is 35.9 Å². The highest BCUT2D eigenvalue weighted by Gasteiger charge is 2.54. The van der Waals surface area contributed by atoms with Crippen LogP contribution in [0.2, 0.25) is 0 Å². The van der Waals surface area contributed by atoms with Gasteiger partial charge in [0.25, 0.3) is 0 Å². The van der Waals surface area contributed by atoms with E-state index in [-0.39, 0.29) is 35.5 Å². The Balaban J connectivity index is 1.46. The summed E-state index contributed by atoms with van der Waals surface area (Å²) in [5.41, 5.74) is 1.24. The van der Waals surface area contributed by atoms with Crippen LogP contribution in [0.5, 0.6) is 0 Å². The summed E-state index contributed by atoms with van der Waals surface area (Å²) in [5.74, 6) is 0.256. The fourth-order valence-electron chi connectivity index (χ4n) is 4.82.